The Bertz CT molecular complexity index is 724. The Morgan fingerprint density at radius 1 is 1.25 bits per heavy atom. The fourth-order valence-corrected chi connectivity index (χ4v) is 3.71. The summed E-state index contributed by atoms with van der Waals surface area (Å²) in [6, 6.07) is 7.98. The van der Waals surface area contributed by atoms with Crippen LogP contribution in [0.25, 0.3) is 0 Å². The summed E-state index contributed by atoms with van der Waals surface area (Å²) in [4.78, 5) is 16.2. The molecule has 0 unspecified atom stereocenters. The number of nitrogens with one attached hydrogen (secondary N) is 2. The number of amides is 1. The normalized spacial score (nSPS) is 11.1. The molecule has 0 spiro atoms. The Kier molecular flexibility index (Phi) is 4.05. The predicted molar refractivity (Wildman–Crippen MR) is 77.5 cm³/mol. The summed E-state index contributed by atoms with van der Waals surface area (Å²) in [7, 11) is -2.17. The molecule has 20 heavy (non-hydrogen) atoms. The van der Waals surface area contributed by atoms with Crippen molar-refractivity contribution >= 4 is 32.4 Å². The first-order chi connectivity index (χ1) is 9.44. The lowest BCUT2D eigenvalue weighted by Gasteiger charge is -2.04. The molecular formula is C12H13N3O3S2. The number of carbonyl (C=O) groups excluding carboxylic acids is 1. The topological polar surface area (TPSA) is 88.2 Å². The average molecular weight is 311 g/mol. The molecule has 0 aliphatic carbocycles. The molecule has 0 aliphatic rings. The number of sulfonamides is 1. The molecule has 6 nitrogen and oxygen atoms in total. The number of hydrogen-bond donors (Lipinski definition) is 2. The minimum absolute atomic E-state index is 0.148. The number of anilines is 1. The number of benzene rings is 1. The maximum atomic E-state index is 12.1. The zero-order chi connectivity index (χ0) is 14.8. The summed E-state index contributed by atoms with van der Waals surface area (Å²) in [5.41, 5.74) is 0.486. The van der Waals surface area contributed by atoms with Crippen LogP contribution in [0, 0.1) is 6.92 Å². The quantitative estimate of drug-likeness (QED) is 0.898. The molecule has 2 rings (SSSR count). The molecule has 2 N–H and O–H groups in total. The number of nitrogens with zero attached hydrogens (tertiary/aromatic N) is 1. The summed E-state index contributed by atoms with van der Waals surface area (Å²) in [6.45, 7) is 1.65. The SMILES string of the molecule is CNC(=O)c1sc(NS(=O)(=O)c2ccccc2)nc1C. The Labute approximate surface area is 120 Å². The largest absolute Gasteiger partial charge is 0.354 e. The van der Waals surface area contributed by atoms with Gasteiger partial charge in [-0.15, -0.1) is 0 Å². The second-order valence-corrected chi connectivity index (χ2v) is 6.61. The molecular weight excluding hydrogens is 298 g/mol. The first kappa shape index (κ1) is 14.5. The van der Waals surface area contributed by atoms with Crippen LogP contribution in [0.4, 0.5) is 5.13 Å². The van der Waals surface area contributed by atoms with Gasteiger partial charge in [0.2, 0.25) is 0 Å². The zero-order valence-corrected chi connectivity index (χ0v) is 12.5. The van der Waals surface area contributed by atoms with E-state index in [0.29, 0.717) is 10.6 Å². The molecule has 2 aromatic rings. The van der Waals surface area contributed by atoms with Crippen molar-refractivity contribution in [3.8, 4) is 0 Å². The van der Waals surface area contributed by atoms with Gasteiger partial charge < -0.3 is 5.32 Å². The third-order valence-corrected chi connectivity index (χ3v) is 5.06. The second-order valence-electron chi connectivity index (χ2n) is 3.93. The summed E-state index contributed by atoms with van der Waals surface area (Å²) >= 11 is 1.00. The van der Waals surface area contributed by atoms with Crippen LogP contribution < -0.4 is 10.0 Å². The standard InChI is InChI=1S/C12H13N3O3S2/c1-8-10(11(16)13-2)19-12(14-8)15-20(17,18)9-6-4-3-5-7-9/h3-7H,1-2H3,(H,13,16)(H,14,15). The lowest BCUT2D eigenvalue weighted by molar-refractivity contribution is 0.0966. The van der Waals surface area contributed by atoms with Crippen LogP contribution in [0.15, 0.2) is 35.2 Å². The van der Waals surface area contributed by atoms with Crippen LogP contribution >= 0.6 is 11.3 Å². The zero-order valence-electron chi connectivity index (χ0n) is 10.9. The molecule has 0 fully saturated rings. The van der Waals surface area contributed by atoms with Crippen LogP contribution in [0.3, 0.4) is 0 Å². The molecule has 0 saturated heterocycles. The van der Waals surface area contributed by atoms with E-state index in [-0.39, 0.29) is 15.9 Å². The van der Waals surface area contributed by atoms with E-state index in [1.807, 2.05) is 0 Å². The minimum Gasteiger partial charge on any atom is -0.354 e. The molecule has 8 heteroatoms. The van der Waals surface area contributed by atoms with Gasteiger partial charge in [-0.25, -0.2) is 13.4 Å². The van der Waals surface area contributed by atoms with E-state index >= 15 is 0 Å². The van der Waals surface area contributed by atoms with Crippen LogP contribution in [-0.4, -0.2) is 26.4 Å². The van der Waals surface area contributed by atoms with Crippen molar-refractivity contribution in [3.63, 3.8) is 0 Å². The van der Waals surface area contributed by atoms with Gasteiger partial charge in [-0.2, -0.15) is 0 Å². The molecule has 1 amide bonds. The van der Waals surface area contributed by atoms with Gasteiger partial charge in [0.25, 0.3) is 15.9 Å². The van der Waals surface area contributed by atoms with Gasteiger partial charge in [0, 0.05) is 7.05 Å². The van der Waals surface area contributed by atoms with Gasteiger partial charge in [0.1, 0.15) is 4.88 Å². The molecule has 0 saturated carbocycles. The van der Waals surface area contributed by atoms with Crippen molar-refractivity contribution in [2.75, 3.05) is 11.8 Å². The van der Waals surface area contributed by atoms with Gasteiger partial charge >= 0.3 is 0 Å². The van der Waals surface area contributed by atoms with Gasteiger partial charge in [-0.1, -0.05) is 29.5 Å². The first-order valence-corrected chi connectivity index (χ1v) is 8.01. The van der Waals surface area contributed by atoms with Crippen LogP contribution in [0.1, 0.15) is 15.4 Å². The summed E-state index contributed by atoms with van der Waals surface area (Å²) in [6.07, 6.45) is 0. The minimum atomic E-state index is -3.68. The lowest BCUT2D eigenvalue weighted by Crippen LogP contribution is -2.17. The van der Waals surface area contributed by atoms with E-state index in [1.54, 1.807) is 25.1 Å². The smallest absolute Gasteiger partial charge is 0.263 e. The molecule has 0 bridgehead atoms. The van der Waals surface area contributed by atoms with Gasteiger partial charge in [0.15, 0.2) is 5.13 Å². The third kappa shape index (κ3) is 2.97. The maximum Gasteiger partial charge on any atom is 0.263 e. The Hall–Kier alpha value is -1.93. The summed E-state index contributed by atoms with van der Waals surface area (Å²) in [5.74, 6) is -0.287. The van der Waals surface area contributed by atoms with E-state index in [9.17, 15) is 13.2 Å². The highest BCUT2D eigenvalue weighted by atomic mass is 32.2. The van der Waals surface area contributed by atoms with Crippen molar-refractivity contribution in [1.29, 1.82) is 0 Å². The predicted octanol–water partition coefficient (Wildman–Crippen LogP) is 1.61. The second kappa shape index (κ2) is 5.59. The van der Waals surface area contributed by atoms with Crippen LogP contribution in [0.2, 0.25) is 0 Å². The molecule has 1 aromatic heterocycles. The average Bonchev–Trinajstić information content (AvgIpc) is 2.79. The number of carbonyl (C=O) groups is 1. The number of rotatable bonds is 4. The van der Waals surface area contributed by atoms with E-state index in [0.717, 1.165) is 11.3 Å². The van der Waals surface area contributed by atoms with Gasteiger partial charge in [0.05, 0.1) is 10.6 Å². The van der Waals surface area contributed by atoms with E-state index < -0.39 is 10.0 Å². The molecule has 1 heterocycles. The molecule has 1 aromatic carbocycles. The Morgan fingerprint density at radius 2 is 1.90 bits per heavy atom. The van der Waals surface area contributed by atoms with Crippen molar-refractivity contribution in [3.05, 3.63) is 40.9 Å². The molecule has 0 atom stereocenters. The number of aryl methyl sites for hydroxylation is 1. The van der Waals surface area contributed by atoms with Crippen molar-refractivity contribution in [2.24, 2.45) is 0 Å². The number of hydrogen-bond acceptors (Lipinski definition) is 5. The monoisotopic (exact) mass is 311 g/mol. The molecule has 0 aliphatic heterocycles. The summed E-state index contributed by atoms with van der Waals surface area (Å²) in [5, 5.41) is 2.66. The van der Waals surface area contributed by atoms with Crippen LogP contribution in [-0.2, 0) is 10.0 Å². The Morgan fingerprint density at radius 3 is 2.50 bits per heavy atom. The van der Waals surface area contributed by atoms with Crippen molar-refractivity contribution in [2.45, 2.75) is 11.8 Å². The highest BCUT2D eigenvalue weighted by molar-refractivity contribution is 7.93. The highest BCUT2D eigenvalue weighted by Gasteiger charge is 2.19. The van der Waals surface area contributed by atoms with Crippen LogP contribution in [0.5, 0.6) is 0 Å². The van der Waals surface area contributed by atoms with Crippen molar-refractivity contribution in [1.82, 2.24) is 10.3 Å². The first-order valence-electron chi connectivity index (χ1n) is 5.71. The molecule has 0 radical (unpaired) electrons. The molecule has 106 valence electrons. The van der Waals surface area contributed by atoms with E-state index in [1.165, 1.54) is 19.2 Å². The summed E-state index contributed by atoms with van der Waals surface area (Å²) < 4.78 is 26.6. The Balaban J connectivity index is 2.29. The van der Waals surface area contributed by atoms with Crippen molar-refractivity contribution < 1.29 is 13.2 Å². The lowest BCUT2D eigenvalue weighted by atomic mass is 10.4. The fraction of sp³-hybridized carbons (Fsp3) is 0.167. The fourth-order valence-electron chi connectivity index (χ4n) is 1.54. The van der Waals surface area contributed by atoms with E-state index in [4.69, 9.17) is 0 Å². The van der Waals surface area contributed by atoms with Gasteiger partial charge in [-0.3, -0.25) is 9.52 Å². The number of thiazole rings is 1. The number of aromatic nitrogens is 1. The highest BCUT2D eigenvalue weighted by Crippen LogP contribution is 2.24. The maximum absolute atomic E-state index is 12.1. The van der Waals surface area contributed by atoms with Gasteiger partial charge in [-0.05, 0) is 19.1 Å². The van der Waals surface area contributed by atoms with E-state index in [2.05, 4.69) is 15.0 Å². The third-order valence-electron chi connectivity index (χ3n) is 2.51.